The molecule has 1 aliphatic heterocycles. The zero-order chi connectivity index (χ0) is 16.1. The van der Waals surface area contributed by atoms with Gasteiger partial charge in [0.05, 0.1) is 19.3 Å². The summed E-state index contributed by atoms with van der Waals surface area (Å²) >= 11 is 0. The van der Waals surface area contributed by atoms with Gasteiger partial charge in [0.2, 0.25) is 0 Å². The van der Waals surface area contributed by atoms with E-state index in [9.17, 15) is 5.11 Å². The molecule has 0 aliphatic carbocycles. The Bertz CT molecular complexity index is 618. The molecule has 0 saturated carbocycles. The first-order valence-corrected chi connectivity index (χ1v) is 8.44. The number of hydrogen-bond acceptors (Lipinski definition) is 3. The van der Waals surface area contributed by atoms with Gasteiger partial charge >= 0.3 is 0 Å². The van der Waals surface area contributed by atoms with E-state index in [1.807, 2.05) is 25.1 Å². The number of ether oxygens (including phenoxy) is 1. The van der Waals surface area contributed by atoms with Crippen LogP contribution >= 0.6 is 0 Å². The lowest BCUT2D eigenvalue weighted by Crippen LogP contribution is -2.35. The number of aliphatic hydroxyl groups excluding tert-OH is 1. The highest BCUT2D eigenvalue weighted by molar-refractivity contribution is 5.68. The number of benzene rings is 2. The second kappa shape index (κ2) is 7.73. The summed E-state index contributed by atoms with van der Waals surface area (Å²) in [5.74, 6) is 0. The van der Waals surface area contributed by atoms with E-state index in [0.717, 1.165) is 50.4 Å². The van der Waals surface area contributed by atoms with Crippen molar-refractivity contribution in [1.29, 1.82) is 0 Å². The van der Waals surface area contributed by atoms with E-state index >= 15 is 0 Å². The van der Waals surface area contributed by atoms with Gasteiger partial charge in [-0.1, -0.05) is 55.5 Å². The molecule has 2 aromatic rings. The van der Waals surface area contributed by atoms with Crippen molar-refractivity contribution >= 4 is 0 Å². The Kier molecular flexibility index (Phi) is 5.44. The lowest BCUT2D eigenvalue weighted by Gasteiger charge is -2.26. The third-order valence-corrected chi connectivity index (χ3v) is 4.48. The zero-order valence-electron chi connectivity index (χ0n) is 13.7. The molecule has 1 unspecified atom stereocenters. The Balaban J connectivity index is 1.77. The maximum atomic E-state index is 10.2. The molecular formula is C20H25NO2. The van der Waals surface area contributed by atoms with Crippen LogP contribution < -0.4 is 0 Å². The van der Waals surface area contributed by atoms with Gasteiger partial charge < -0.3 is 9.84 Å². The Morgan fingerprint density at radius 3 is 2.43 bits per heavy atom. The molecule has 1 aliphatic rings. The molecule has 1 fully saturated rings. The number of hydrogen-bond donors (Lipinski definition) is 1. The summed E-state index contributed by atoms with van der Waals surface area (Å²) in [6.45, 7) is 6.66. The molecule has 1 heterocycles. The fraction of sp³-hybridized carbons (Fsp3) is 0.400. The monoisotopic (exact) mass is 311 g/mol. The maximum Gasteiger partial charge on any atom is 0.0793 e. The number of morpholine rings is 1. The van der Waals surface area contributed by atoms with Crippen LogP contribution in [0, 0.1) is 0 Å². The van der Waals surface area contributed by atoms with Crippen molar-refractivity contribution in [3.05, 3.63) is 59.7 Å². The molecule has 0 bridgehead atoms. The lowest BCUT2D eigenvalue weighted by atomic mass is 9.94. The molecule has 1 atom stereocenters. The summed E-state index contributed by atoms with van der Waals surface area (Å²) in [5.41, 5.74) is 4.62. The molecule has 0 amide bonds. The minimum absolute atomic E-state index is 0.403. The third kappa shape index (κ3) is 3.99. The molecule has 122 valence electrons. The van der Waals surface area contributed by atoms with E-state index in [1.165, 1.54) is 11.1 Å². The van der Waals surface area contributed by atoms with E-state index in [1.54, 1.807) is 0 Å². The van der Waals surface area contributed by atoms with Crippen molar-refractivity contribution in [2.45, 2.75) is 26.0 Å². The first kappa shape index (κ1) is 16.2. The molecule has 2 aromatic carbocycles. The molecule has 23 heavy (non-hydrogen) atoms. The van der Waals surface area contributed by atoms with Crippen molar-refractivity contribution in [3.8, 4) is 11.1 Å². The van der Waals surface area contributed by atoms with Crippen LogP contribution in [0.3, 0.4) is 0 Å². The molecule has 3 heteroatoms. The van der Waals surface area contributed by atoms with Crippen LogP contribution in [0.2, 0.25) is 0 Å². The van der Waals surface area contributed by atoms with Gasteiger partial charge in [0.1, 0.15) is 0 Å². The topological polar surface area (TPSA) is 32.7 Å². The van der Waals surface area contributed by atoms with Crippen molar-refractivity contribution < 1.29 is 9.84 Å². The molecular weight excluding hydrogens is 286 g/mol. The lowest BCUT2D eigenvalue weighted by molar-refractivity contribution is 0.0342. The summed E-state index contributed by atoms with van der Waals surface area (Å²) in [6, 6.07) is 16.8. The molecule has 3 rings (SSSR count). The maximum absolute atomic E-state index is 10.2. The Hall–Kier alpha value is -1.68. The van der Waals surface area contributed by atoms with Crippen molar-refractivity contribution in [1.82, 2.24) is 4.90 Å². The van der Waals surface area contributed by atoms with Crippen LogP contribution in [0.5, 0.6) is 0 Å². The molecule has 1 N–H and O–H groups in total. The molecule has 3 nitrogen and oxygen atoms in total. The van der Waals surface area contributed by atoms with Gasteiger partial charge in [-0.15, -0.1) is 0 Å². The van der Waals surface area contributed by atoms with Crippen LogP contribution in [0.25, 0.3) is 11.1 Å². The van der Waals surface area contributed by atoms with Crippen LogP contribution in [-0.2, 0) is 11.3 Å². The predicted molar refractivity (Wildman–Crippen MR) is 93.2 cm³/mol. The molecule has 1 saturated heterocycles. The average molecular weight is 311 g/mol. The second-order valence-corrected chi connectivity index (χ2v) is 6.10. The summed E-state index contributed by atoms with van der Waals surface area (Å²) in [6.07, 6.45) is 0.325. The summed E-state index contributed by atoms with van der Waals surface area (Å²) in [4.78, 5) is 2.42. The fourth-order valence-electron chi connectivity index (χ4n) is 3.08. The largest absolute Gasteiger partial charge is 0.388 e. The van der Waals surface area contributed by atoms with E-state index < -0.39 is 6.10 Å². The van der Waals surface area contributed by atoms with Gasteiger partial charge in [-0.3, -0.25) is 4.90 Å². The highest BCUT2D eigenvalue weighted by Gasteiger charge is 2.13. The second-order valence-electron chi connectivity index (χ2n) is 6.10. The summed E-state index contributed by atoms with van der Waals surface area (Å²) in [5, 5.41) is 10.2. The SMILES string of the molecule is CCC(O)c1ccccc1-c1ccc(CN2CCOCC2)cc1. The van der Waals surface area contributed by atoms with E-state index in [-0.39, 0.29) is 0 Å². The number of rotatable bonds is 5. The first-order chi connectivity index (χ1) is 11.3. The Morgan fingerprint density at radius 1 is 1.04 bits per heavy atom. The highest BCUT2D eigenvalue weighted by atomic mass is 16.5. The van der Waals surface area contributed by atoms with Gasteiger partial charge in [0.15, 0.2) is 0 Å². The minimum atomic E-state index is -0.403. The summed E-state index contributed by atoms with van der Waals surface area (Å²) in [7, 11) is 0. The third-order valence-electron chi connectivity index (χ3n) is 4.48. The fourth-order valence-corrected chi connectivity index (χ4v) is 3.08. The minimum Gasteiger partial charge on any atom is -0.388 e. The van der Waals surface area contributed by atoms with Gasteiger partial charge in [-0.25, -0.2) is 0 Å². The first-order valence-electron chi connectivity index (χ1n) is 8.44. The number of aliphatic hydroxyl groups is 1. The quantitative estimate of drug-likeness (QED) is 0.915. The average Bonchev–Trinajstić information content (AvgIpc) is 2.62. The van der Waals surface area contributed by atoms with Crippen LogP contribution in [0.1, 0.15) is 30.6 Å². The van der Waals surface area contributed by atoms with Gasteiger partial charge in [-0.05, 0) is 28.7 Å². The van der Waals surface area contributed by atoms with Crippen LogP contribution in [0.4, 0.5) is 0 Å². The summed E-state index contributed by atoms with van der Waals surface area (Å²) < 4.78 is 5.40. The van der Waals surface area contributed by atoms with E-state index in [4.69, 9.17) is 4.74 Å². The Morgan fingerprint density at radius 2 is 1.74 bits per heavy atom. The molecule has 0 aromatic heterocycles. The number of nitrogens with zero attached hydrogens (tertiary/aromatic N) is 1. The van der Waals surface area contributed by atoms with Gasteiger partial charge in [0.25, 0.3) is 0 Å². The van der Waals surface area contributed by atoms with Crippen LogP contribution in [0.15, 0.2) is 48.5 Å². The standard InChI is InChI=1S/C20H25NO2/c1-2-20(22)19-6-4-3-5-18(19)17-9-7-16(8-10-17)15-21-11-13-23-14-12-21/h3-10,20,22H,2,11-15H2,1H3. The van der Waals surface area contributed by atoms with Gasteiger partial charge in [-0.2, -0.15) is 0 Å². The molecule has 0 spiro atoms. The van der Waals surface area contributed by atoms with E-state index in [2.05, 4.69) is 35.2 Å². The smallest absolute Gasteiger partial charge is 0.0793 e. The van der Waals surface area contributed by atoms with E-state index in [0.29, 0.717) is 0 Å². The normalized spacial score (nSPS) is 17.1. The van der Waals surface area contributed by atoms with Crippen molar-refractivity contribution in [3.63, 3.8) is 0 Å². The van der Waals surface area contributed by atoms with Gasteiger partial charge in [0, 0.05) is 19.6 Å². The van der Waals surface area contributed by atoms with Crippen LogP contribution in [-0.4, -0.2) is 36.3 Å². The van der Waals surface area contributed by atoms with Crippen molar-refractivity contribution in [2.24, 2.45) is 0 Å². The Labute approximate surface area is 138 Å². The molecule has 0 radical (unpaired) electrons. The highest BCUT2D eigenvalue weighted by Crippen LogP contribution is 2.30. The van der Waals surface area contributed by atoms with Crippen molar-refractivity contribution in [2.75, 3.05) is 26.3 Å². The zero-order valence-corrected chi connectivity index (χ0v) is 13.7. The predicted octanol–water partition coefficient (Wildman–Crippen LogP) is 3.63.